The minimum absolute atomic E-state index is 0.622. The lowest BCUT2D eigenvalue weighted by Crippen LogP contribution is -2.11. The number of aromatic nitrogens is 3. The molecule has 0 amide bonds. The van der Waals surface area contributed by atoms with Crippen molar-refractivity contribution in [3.8, 4) is 11.8 Å². The van der Waals surface area contributed by atoms with Gasteiger partial charge in [-0.15, -0.1) is 5.10 Å². The highest BCUT2D eigenvalue weighted by Crippen LogP contribution is 2.16. The first-order valence-corrected chi connectivity index (χ1v) is 5.31. The molecule has 0 spiro atoms. The van der Waals surface area contributed by atoms with E-state index in [0.717, 1.165) is 16.9 Å². The van der Waals surface area contributed by atoms with Gasteiger partial charge in [0.2, 0.25) is 0 Å². The maximum atomic E-state index is 8.92. The molecule has 0 saturated heterocycles. The van der Waals surface area contributed by atoms with Crippen molar-refractivity contribution < 1.29 is 0 Å². The lowest BCUT2D eigenvalue weighted by atomic mass is 10.1. The molecule has 0 bridgehead atoms. The summed E-state index contributed by atoms with van der Waals surface area (Å²) < 4.78 is 1.76. The Balaban J connectivity index is 2.52. The smallest absolute Gasteiger partial charge is 0.0992 e. The number of nitrogens with one attached hydrogen (secondary N) is 1. The molecule has 1 aromatic heterocycles. The number of benzene rings is 1. The Morgan fingerprint density at radius 3 is 3.00 bits per heavy atom. The lowest BCUT2D eigenvalue weighted by Gasteiger charge is -2.09. The zero-order chi connectivity index (χ0) is 12.3. The number of aryl methyl sites for hydroxylation is 1. The molecule has 17 heavy (non-hydrogen) atoms. The quantitative estimate of drug-likeness (QED) is 0.854. The second-order valence-corrected chi connectivity index (χ2v) is 3.78. The first-order chi connectivity index (χ1) is 8.26. The van der Waals surface area contributed by atoms with E-state index in [9.17, 15) is 0 Å². The highest BCUT2D eigenvalue weighted by molar-refractivity contribution is 5.47. The van der Waals surface area contributed by atoms with Crippen LogP contribution in [0.4, 0.5) is 0 Å². The summed E-state index contributed by atoms with van der Waals surface area (Å²) in [5.74, 6) is 0. The largest absolute Gasteiger partial charge is 0.314 e. The van der Waals surface area contributed by atoms with Gasteiger partial charge in [0, 0.05) is 6.54 Å². The van der Waals surface area contributed by atoms with Gasteiger partial charge in [-0.2, -0.15) is 5.26 Å². The fourth-order valence-corrected chi connectivity index (χ4v) is 1.67. The minimum Gasteiger partial charge on any atom is -0.314 e. The van der Waals surface area contributed by atoms with Gasteiger partial charge in [0.15, 0.2) is 0 Å². The molecule has 0 radical (unpaired) electrons. The molecule has 1 N–H and O–H groups in total. The molecule has 86 valence electrons. The van der Waals surface area contributed by atoms with E-state index in [1.54, 1.807) is 16.9 Å². The van der Waals surface area contributed by atoms with Crippen LogP contribution in [0.1, 0.15) is 16.8 Å². The molecule has 0 atom stereocenters. The van der Waals surface area contributed by atoms with Gasteiger partial charge < -0.3 is 5.32 Å². The van der Waals surface area contributed by atoms with Crippen LogP contribution in [0.15, 0.2) is 24.4 Å². The first kappa shape index (κ1) is 11.3. The Kier molecular flexibility index (Phi) is 3.17. The van der Waals surface area contributed by atoms with Crippen LogP contribution < -0.4 is 5.32 Å². The Hall–Kier alpha value is -2.19. The zero-order valence-electron chi connectivity index (χ0n) is 9.81. The predicted molar refractivity (Wildman–Crippen MR) is 63.6 cm³/mol. The lowest BCUT2D eigenvalue weighted by molar-refractivity contribution is 0.711. The number of hydrogen-bond acceptors (Lipinski definition) is 4. The average Bonchev–Trinajstić information content (AvgIpc) is 2.78. The zero-order valence-corrected chi connectivity index (χ0v) is 9.81. The summed E-state index contributed by atoms with van der Waals surface area (Å²) in [6.45, 7) is 2.67. The molecule has 1 aromatic carbocycles. The maximum absolute atomic E-state index is 8.92. The van der Waals surface area contributed by atoms with Gasteiger partial charge in [0.05, 0.1) is 29.2 Å². The van der Waals surface area contributed by atoms with E-state index in [2.05, 4.69) is 21.7 Å². The van der Waals surface area contributed by atoms with Crippen molar-refractivity contribution in [1.82, 2.24) is 20.3 Å². The van der Waals surface area contributed by atoms with Crippen LogP contribution >= 0.6 is 0 Å². The summed E-state index contributed by atoms with van der Waals surface area (Å²) >= 11 is 0. The summed E-state index contributed by atoms with van der Waals surface area (Å²) in [5, 5.41) is 19.9. The third kappa shape index (κ3) is 2.17. The molecule has 2 rings (SSSR count). The van der Waals surface area contributed by atoms with Crippen LogP contribution in [0.5, 0.6) is 0 Å². The number of nitrogens with zero attached hydrogens (tertiary/aromatic N) is 4. The molecule has 2 aromatic rings. The minimum atomic E-state index is 0.622. The second kappa shape index (κ2) is 4.76. The molecule has 5 heteroatoms. The van der Waals surface area contributed by atoms with Crippen molar-refractivity contribution in [2.24, 2.45) is 0 Å². The topological polar surface area (TPSA) is 66.5 Å². The van der Waals surface area contributed by atoms with Crippen LogP contribution in [0.2, 0.25) is 0 Å². The van der Waals surface area contributed by atoms with Gasteiger partial charge in [-0.25, -0.2) is 4.68 Å². The molecule has 0 aliphatic carbocycles. The standard InChI is InChI=1S/C12H13N5/c1-9-3-4-10(6-13)5-12(9)17-11(7-14-2)8-15-16-17/h3-5,8,14H,7H2,1-2H3. The third-order valence-corrected chi connectivity index (χ3v) is 2.54. The van der Waals surface area contributed by atoms with Crippen molar-refractivity contribution in [2.75, 3.05) is 7.05 Å². The van der Waals surface area contributed by atoms with Crippen molar-refractivity contribution in [2.45, 2.75) is 13.5 Å². The first-order valence-electron chi connectivity index (χ1n) is 5.31. The molecule has 0 fully saturated rings. The van der Waals surface area contributed by atoms with E-state index in [4.69, 9.17) is 5.26 Å². The van der Waals surface area contributed by atoms with E-state index >= 15 is 0 Å². The van der Waals surface area contributed by atoms with Crippen LogP contribution in [0.25, 0.3) is 5.69 Å². The van der Waals surface area contributed by atoms with Crippen LogP contribution in [-0.2, 0) is 6.54 Å². The summed E-state index contributed by atoms with van der Waals surface area (Å²) in [6, 6.07) is 7.67. The molecular weight excluding hydrogens is 214 g/mol. The van der Waals surface area contributed by atoms with Gasteiger partial charge in [-0.05, 0) is 31.7 Å². The van der Waals surface area contributed by atoms with E-state index in [0.29, 0.717) is 12.1 Å². The molecule has 0 unspecified atom stereocenters. The summed E-state index contributed by atoms with van der Waals surface area (Å²) in [4.78, 5) is 0. The van der Waals surface area contributed by atoms with E-state index in [1.807, 2.05) is 26.1 Å². The Morgan fingerprint density at radius 1 is 1.47 bits per heavy atom. The SMILES string of the molecule is CNCc1cnnn1-c1cc(C#N)ccc1C. The Labute approximate surface area is 99.7 Å². The highest BCUT2D eigenvalue weighted by atomic mass is 15.4. The van der Waals surface area contributed by atoms with Crippen molar-refractivity contribution in [3.63, 3.8) is 0 Å². The van der Waals surface area contributed by atoms with E-state index in [1.165, 1.54) is 0 Å². The summed E-state index contributed by atoms with van der Waals surface area (Å²) in [7, 11) is 1.87. The Morgan fingerprint density at radius 2 is 2.29 bits per heavy atom. The molecule has 5 nitrogen and oxygen atoms in total. The second-order valence-electron chi connectivity index (χ2n) is 3.78. The van der Waals surface area contributed by atoms with Crippen molar-refractivity contribution >= 4 is 0 Å². The molecular formula is C12H13N5. The van der Waals surface area contributed by atoms with Crippen LogP contribution in [0, 0.1) is 18.3 Å². The molecule has 0 aliphatic heterocycles. The summed E-state index contributed by atoms with van der Waals surface area (Å²) in [5.41, 5.74) is 3.54. The van der Waals surface area contributed by atoms with Crippen molar-refractivity contribution in [1.29, 1.82) is 5.26 Å². The van der Waals surface area contributed by atoms with Gasteiger partial charge in [0.25, 0.3) is 0 Å². The maximum Gasteiger partial charge on any atom is 0.0992 e. The van der Waals surface area contributed by atoms with E-state index < -0.39 is 0 Å². The number of nitriles is 1. The fourth-order valence-electron chi connectivity index (χ4n) is 1.67. The molecule has 0 aliphatic rings. The van der Waals surface area contributed by atoms with Gasteiger partial charge in [-0.3, -0.25) is 0 Å². The normalized spacial score (nSPS) is 10.2. The number of hydrogen-bond donors (Lipinski definition) is 1. The summed E-state index contributed by atoms with van der Waals surface area (Å²) in [6.07, 6.45) is 1.72. The fraction of sp³-hybridized carbons (Fsp3) is 0.250. The number of rotatable bonds is 3. The van der Waals surface area contributed by atoms with Crippen molar-refractivity contribution in [3.05, 3.63) is 41.2 Å². The van der Waals surface area contributed by atoms with Gasteiger partial charge in [-0.1, -0.05) is 11.3 Å². The molecule has 1 heterocycles. The highest BCUT2D eigenvalue weighted by Gasteiger charge is 2.08. The third-order valence-electron chi connectivity index (χ3n) is 2.54. The monoisotopic (exact) mass is 227 g/mol. The van der Waals surface area contributed by atoms with Crippen LogP contribution in [0.3, 0.4) is 0 Å². The van der Waals surface area contributed by atoms with Gasteiger partial charge >= 0.3 is 0 Å². The van der Waals surface area contributed by atoms with E-state index in [-0.39, 0.29) is 0 Å². The Bertz CT molecular complexity index is 565. The van der Waals surface area contributed by atoms with Crippen LogP contribution in [-0.4, -0.2) is 22.0 Å². The predicted octanol–water partition coefficient (Wildman–Crippen LogP) is 1.17. The molecule has 0 saturated carbocycles. The average molecular weight is 227 g/mol. The van der Waals surface area contributed by atoms with Gasteiger partial charge in [0.1, 0.15) is 0 Å².